The summed E-state index contributed by atoms with van der Waals surface area (Å²) in [5.74, 6) is -0.301. The van der Waals surface area contributed by atoms with Crippen LogP contribution in [0.15, 0.2) is 12.2 Å². The molecular weight excluding hydrogens is 246 g/mol. The Hall–Kier alpha value is -0.920. The normalized spacial score (nSPS) is 15.1. The maximum atomic E-state index is 11.1. The first-order valence-corrected chi connectivity index (χ1v) is 6.74. The molecule has 0 rings (SSSR count). The molecule has 0 aliphatic carbocycles. The summed E-state index contributed by atoms with van der Waals surface area (Å²) in [7, 11) is -4.26. The monoisotopic (exact) mass is 265 g/mol. The molecule has 7 heteroatoms. The molecule has 0 radical (unpaired) electrons. The number of rotatable bonds is 7. The number of nitrogens with one attached hydrogen (secondary N) is 1. The van der Waals surface area contributed by atoms with Gasteiger partial charge in [0.15, 0.2) is 0 Å². The van der Waals surface area contributed by atoms with Crippen molar-refractivity contribution in [1.29, 1.82) is 0 Å². The Morgan fingerprint density at radius 3 is 2.35 bits per heavy atom. The van der Waals surface area contributed by atoms with Crippen molar-refractivity contribution in [2.75, 3.05) is 6.54 Å². The Morgan fingerprint density at radius 1 is 1.47 bits per heavy atom. The predicted molar refractivity (Wildman–Crippen MR) is 64.1 cm³/mol. The van der Waals surface area contributed by atoms with E-state index in [4.69, 9.17) is 4.55 Å². The standard InChI is InChI=1S/C10H19NO5S/c1-7(2)10(13)11-6-4-5-9(8(3)12)17(14,15)16/h8-9,12H,1,4-6H2,2-3H3,(H,11,13)(H,14,15,16). The fourth-order valence-electron chi connectivity index (χ4n) is 1.30. The molecule has 17 heavy (non-hydrogen) atoms. The first-order chi connectivity index (χ1) is 7.66. The summed E-state index contributed by atoms with van der Waals surface area (Å²) in [5.41, 5.74) is 0.367. The van der Waals surface area contributed by atoms with Gasteiger partial charge in [0.1, 0.15) is 5.25 Å². The molecule has 0 saturated heterocycles. The average Bonchev–Trinajstić information content (AvgIpc) is 2.13. The number of aliphatic hydroxyl groups excluding tert-OH is 1. The molecule has 0 heterocycles. The Kier molecular flexibility index (Phi) is 6.36. The third-order valence-electron chi connectivity index (χ3n) is 2.26. The Labute approximate surface area is 101 Å². The number of aliphatic hydroxyl groups is 1. The van der Waals surface area contributed by atoms with Crippen LogP contribution in [0.3, 0.4) is 0 Å². The highest BCUT2D eigenvalue weighted by atomic mass is 32.2. The van der Waals surface area contributed by atoms with Gasteiger partial charge in [0, 0.05) is 12.1 Å². The van der Waals surface area contributed by atoms with Crippen LogP contribution >= 0.6 is 0 Å². The second kappa shape index (κ2) is 6.73. The van der Waals surface area contributed by atoms with E-state index in [2.05, 4.69) is 11.9 Å². The van der Waals surface area contributed by atoms with Crippen molar-refractivity contribution < 1.29 is 22.9 Å². The van der Waals surface area contributed by atoms with E-state index in [0.717, 1.165) is 0 Å². The first kappa shape index (κ1) is 16.1. The third-order valence-corrected chi connectivity index (χ3v) is 3.65. The number of hydrogen-bond donors (Lipinski definition) is 3. The Morgan fingerprint density at radius 2 is 2.00 bits per heavy atom. The molecule has 0 spiro atoms. The van der Waals surface area contributed by atoms with Gasteiger partial charge in [-0.2, -0.15) is 8.42 Å². The highest BCUT2D eigenvalue weighted by Gasteiger charge is 2.27. The van der Waals surface area contributed by atoms with E-state index in [1.165, 1.54) is 6.92 Å². The Bertz CT molecular complexity index is 374. The van der Waals surface area contributed by atoms with Gasteiger partial charge in [-0.15, -0.1) is 0 Å². The molecule has 0 aliphatic heterocycles. The molecule has 0 aromatic rings. The maximum Gasteiger partial charge on any atom is 0.270 e. The summed E-state index contributed by atoms with van der Waals surface area (Å²) in [6.45, 7) is 6.57. The van der Waals surface area contributed by atoms with Crippen LogP contribution < -0.4 is 5.32 Å². The van der Waals surface area contributed by atoms with E-state index in [1.54, 1.807) is 6.92 Å². The minimum Gasteiger partial charge on any atom is -0.392 e. The van der Waals surface area contributed by atoms with E-state index in [0.29, 0.717) is 12.0 Å². The van der Waals surface area contributed by atoms with Crippen LogP contribution in [-0.4, -0.2) is 41.9 Å². The molecule has 0 aliphatic rings. The molecule has 6 nitrogen and oxygen atoms in total. The summed E-state index contributed by atoms with van der Waals surface area (Å²) < 4.78 is 30.7. The van der Waals surface area contributed by atoms with Crippen LogP contribution in [0.4, 0.5) is 0 Å². The second-order valence-corrected chi connectivity index (χ2v) is 5.61. The van der Waals surface area contributed by atoms with Crippen molar-refractivity contribution in [1.82, 2.24) is 5.32 Å². The highest BCUT2D eigenvalue weighted by Crippen LogP contribution is 2.11. The summed E-state index contributed by atoms with van der Waals surface area (Å²) in [5, 5.41) is 10.5. The van der Waals surface area contributed by atoms with Gasteiger partial charge in [-0.05, 0) is 26.7 Å². The fraction of sp³-hybridized carbons (Fsp3) is 0.700. The van der Waals surface area contributed by atoms with Crippen LogP contribution in [0.5, 0.6) is 0 Å². The molecule has 2 unspecified atom stereocenters. The lowest BCUT2D eigenvalue weighted by Gasteiger charge is -2.16. The first-order valence-electron chi connectivity index (χ1n) is 5.24. The van der Waals surface area contributed by atoms with Crippen molar-refractivity contribution in [2.45, 2.75) is 38.0 Å². The van der Waals surface area contributed by atoms with Crippen LogP contribution in [0.1, 0.15) is 26.7 Å². The largest absolute Gasteiger partial charge is 0.392 e. The zero-order valence-corrected chi connectivity index (χ0v) is 10.8. The van der Waals surface area contributed by atoms with Crippen molar-refractivity contribution in [3.63, 3.8) is 0 Å². The molecular formula is C10H19NO5S. The highest BCUT2D eigenvalue weighted by molar-refractivity contribution is 7.86. The van der Waals surface area contributed by atoms with Gasteiger partial charge in [0.2, 0.25) is 5.91 Å². The minimum absolute atomic E-state index is 0.0764. The van der Waals surface area contributed by atoms with Crippen molar-refractivity contribution in [3.8, 4) is 0 Å². The van der Waals surface area contributed by atoms with Gasteiger partial charge in [0.25, 0.3) is 10.1 Å². The number of amides is 1. The smallest absolute Gasteiger partial charge is 0.270 e. The predicted octanol–water partition coefficient (Wildman–Crippen LogP) is 0.0961. The van der Waals surface area contributed by atoms with Gasteiger partial charge < -0.3 is 10.4 Å². The molecule has 2 atom stereocenters. The average molecular weight is 265 g/mol. The zero-order chi connectivity index (χ0) is 13.6. The Balaban J connectivity index is 4.10. The lowest BCUT2D eigenvalue weighted by Crippen LogP contribution is -2.33. The van der Waals surface area contributed by atoms with Crippen molar-refractivity contribution in [3.05, 3.63) is 12.2 Å². The molecule has 3 N–H and O–H groups in total. The van der Waals surface area contributed by atoms with Gasteiger partial charge in [-0.3, -0.25) is 9.35 Å². The van der Waals surface area contributed by atoms with Gasteiger partial charge >= 0.3 is 0 Å². The number of carbonyl (C=O) groups excluding carboxylic acids is 1. The van der Waals surface area contributed by atoms with Crippen LogP contribution in [0.25, 0.3) is 0 Å². The maximum absolute atomic E-state index is 11.1. The summed E-state index contributed by atoms with van der Waals surface area (Å²) >= 11 is 0. The summed E-state index contributed by atoms with van der Waals surface area (Å²) in [4.78, 5) is 11.1. The van der Waals surface area contributed by atoms with Gasteiger partial charge in [-0.25, -0.2) is 0 Å². The van der Waals surface area contributed by atoms with Gasteiger partial charge in [0.05, 0.1) is 6.10 Å². The van der Waals surface area contributed by atoms with E-state index in [9.17, 15) is 18.3 Å². The second-order valence-electron chi connectivity index (χ2n) is 3.97. The van der Waals surface area contributed by atoms with Crippen LogP contribution in [-0.2, 0) is 14.9 Å². The van der Waals surface area contributed by atoms with Crippen molar-refractivity contribution >= 4 is 16.0 Å². The number of hydrogen-bond acceptors (Lipinski definition) is 4. The van der Waals surface area contributed by atoms with Crippen LogP contribution in [0.2, 0.25) is 0 Å². The minimum atomic E-state index is -4.26. The molecule has 0 aromatic carbocycles. The summed E-state index contributed by atoms with van der Waals surface area (Å²) in [6.07, 6.45) is -0.733. The summed E-state index contributed by atoms with van der Waals surface area (Å²) in [6, 6.07) is 0. The van der Waals surface area contributed by atoms with E-state index in [-0.39, 0.29) is 18.9 Å². The lowest BCUT2D eigenvalue weighted by atomic mass is 10.1. The van der Waals surface area contributed by atoms with Crippen molar-refractivity contribution in [2.24, 2.45) is 0 Å². The van der Waals surface area contributed by atoms with Gasteiger partial charge in [-0.1, -0.05) is 6.58 Å². The quantitative estimate of drug-likeness (QED) is 0.344. The van der Waals surface area contributed by atoms with E-state index < -0.39 is 21.5 Å². The van der Waals surface area contributed by atoms with Crippen LogP contribution in [0, 0.1) is 0 Å². The molecule has 0 bridgehead atoms. The van der Waals surface area contributed by atoms with E-state index >= 15 is 0 Å². The zero-order valence-electron chi connectivity index (χ0n) is 10.0. The lowest BCUT2D eigenvalue weighted by molar-refractivity contribution is -0.117. The third kappa shape index (κ3) is 6.40. The molecule has 100 valence electrons. The topological polar surface area (TPSA) is 104 Å². The SMILES string of the molecule is C=C(C)C(=O)NCCCC(C(C)O)S(=O)(=O)O. The van der Waals surface area contributed by atoms with E-state index in [1.807, 2.05) is 0 Å². The molecule has 0 aromatic heterocycles. The fourth-order valence-corrected chi connectivity index (χ4v) is 2.26. The molecule has 0 saturated carbocycles. The molecule has 0 fully saturated rings. The molecule has 1 amide bonds. The number of carbonyl (C=O) groups is 1.